The van der Waals surface area contributed by atoms with Gasteiger partial charge in [0, 0.05) is 10.8 Å². The molecule has 2 aromatic heterocycles. The maximum atomic E-state index is 14.0. The van der Waals surface area contributed by atoms with Gasteiger partial charge in [0.05, 0.1) is 32.2 Å². The van der Waals surface area contributed by atoms with Crippen LogP contribution in [0.4, 0.5) is 0 Å². The van der Waals surface area contributed by atoms with Crippen molar-refractivity contribution in [2.24, 2.45) is 0 Å². The first-order chi connectivity index (χ1) is 15.5. The molecule has 1 fully saturated rings. The van der Waals surface area contributed by atoms with Crippen LogP contribution in [-0.4, -0.2) is 30.7 Å². The Hall–Kier alpha value is -2.39. The van der Waals surface area contributed by atoms with Crippen molar-refractivity contribution in [2.45, 2.75) is 50.7 Å². The molecule has 5 rings (SSSR count). The van der Waals surface area contributed by atoms with Crippen LogP contribution in [0.2, 0.25) is 0 Å². The van der Waals surface area contributed by atoms with E-state index in [1.807, 2.05) is 88.5 Å². The van der Waals surface area contributed by atoms with Gasteiger partial charge in [0.15, 0.2) is 0 Å². The topological polar surface area (TPSA) is 57.5 Å². The molecule has 8 heteroatoms. The molecule has 0 aliphatic carbocycles. The second-order valence-electron chi connectivity index (χ2n) is 9.43. The molecule has 4 aromatic rings. The predicted octanol–water partition coefficient (Wildman–Crippen LogP) is 5.21. The summed E-state index contributed by atoms with van der Waals surface area (Å²) in [6, 6.07) is 18.4. The van der Waals surface area contributed by atoms with Crippen LogP contribution in [0, 0.1) is 6.92 Å². The molecule has 0 saturated carbocycles. The first-order valence-electron chi connectivity index (χ1n) is 10.9. The Morgan fingerprint density at radius 1 is 0.879 bits per heavy atom. The summed E-state index contributed by atoms with van der Waals surface area (Å²) in [6.07, 6.45) is 0. The fourth-order valence-electron chi connectivity index (χ4n) is 4.15. The van der Waals surface area contributed by atoms with Crippen molar-refractivity contribution in [3.63, 3.8) is 0 Å². The Balaban J connectivity index is 1.85. The van der Waals surface area contributed by atoms with E-state index in [9.17, 15) is 8.42 Å². The number of rotatable bonds is 4. The molecule has 3 heterocycles. The Morgan fingerprint density at radius 2 is 1.52 bits per heavy atom. The highest BCUT2D eigenvalue weighted by atomic mass is 32.2. The van der Waals surface area contributed by atoms with Gasteiger partial charge in [-0.3, -0.25) is 0 Å². The van der Waals surface area contributed by atoms with Crippen molar-refractivity contribution in [1.29, 1.82) is 0 Å². The van der Waals surface area contributed by atoms with E-state index in [0.717, 1.165) is 21.3 Å². The molecule has 1 aliphatic heterocycles. The van der Waals surface area contributed by atoms with Crippen LogP contribution in [0.1, 0.15) is 33.3 Å². The Kier molecular flexibility index (Phi) is 5.14. The van der Waals surface area contributed by atoms with Gasteiger partial charge in [-0.1, -0.05) is 42.0 Å². The maximum Gasteiger partial charge on any atom is 0.497 e. The monoisotopic (exact) mass is 479 g/mol. The van der Waals surface area contributed by atoms with Gasteiger partial charge in [0.2, 0.25) is 0 Å². The smallest absolute Gasteiger partial charge is 0.399 e. The molecule has 0 bridgehead atoms. The molecule has 5 nitrogen and oxygen atoms in total. The lowest BCUT2D eigenvalue weighted by Crippen LogP contribution is -2.41. The maximum absolute atomic E-state index is 14.0. The SMILES string of the molecule is Cc1ccc(S(=O)(=O)n2c(-c3cccs3)c(B3OC(C)(C)C(C)(C)O3)c3ccccc32)cc1. The third-order valence-electron chi connectivity index (χ3n) is 6.67. The molecular weight excluding hydrogens is 453 g/mol. The summed E-state index contributed by atoms with van der Waals surface area (Å²) in [6.45, 7) is 9.94. The highest BCUT2D eigenvalue weighted by Gasteiger charge is 2.53. The van der Waals surface area contributed by atoms with Crippen LogP contribution in [0.5, 0.6) is 0 Å². The fraction of sp³-hybridized carbons (Fsp3) is 0.280. The van der Waals surface area contributed by atoms with Crippen molar-refractivity contribution in [3.05, 3.63) is 71.6 Å². The summed E-state index contributed by atoms with van der Waals surface area (Å²) in [5.74, 6) is 0. The van der Waals surface area contributed by atoms with Gasteiger partial charge < -0.3 is 9.31 Å². The normalized spacial score (nSPS) is 17.7. The van der Waals surface area contributed by atoms with E-state index in [4.69, 9.17) is 9.31 Å². The molecule has 33 heavy (non-hydrogen) atoms. The molecule has 0 atom stereocenters. The van der Waals surface area contributed by atoms with Gasteiger partial charge in [0.25, 0.3) is 10.0 Å². The third-order valence-corrected chi connectivity index (χ3v) is 9.28. The molecule has 0 N–H and O–H groups in total. The second kappa shape index (κ2) is 7.57. The van der Waals surface area contributed by atoms with Crippen LogP contribution in [0.3, 0.4) is 0 Å². The summed E-state index contributed by atoms with van der Waals surface area (Å²) in [4.78, 5) is 1.08. The summed E-state index contributed by atoms with van der Waals surface area (Å²) in [5.41, 5.74) is 1.83. The lowest BCUT2D eigenvalue weighted by Gasteiger charge is -2.32. The van der Waals surface area contributed by atoms with Gasteiger partial charge in [0.1, 0.15) is 0 Å². The lowest BCUT2D eigenvalue weighted by atomic mass is 9.76. The first-order valence-corrected chi connectivity index (χ1v) is 13.2. The van der Waals surface area contributed by atoms with Gasteiger partial charge in [-0.05, 0) is 64.3 Å². The van der Waals surface area contributed by atoms with Crippen molar-refractivity contribution in [1.82, 2.24) is 3.97 Å². The van der Waals surface area contributed by atoms with Crippen molar-refractivity contribution in [2.75, 3.05) is 0 Å². The minimum atomic E-state index is -3.89. The number of para-hydroxylation sites is 1. The van der Waals surface area contributed by atoms with Crippen LogP contribution in [0.25, 0.3) is 21.5 Å². The van der Waals surface area contributed by atoms with Crippen molar-refractivity contribution < 1.29 is 17.7 Å². The van der Waals surface area contributed by atoms with Crippen LogP contribution in [0.15, 0.2) is 70.9 Å². The number of fused-ring (bicyclic) bond motifs is 1. The third kappa shape index (κ3) is 3.48. The second-order valence-corrected chi connectivity index (χ2v) is 12.2. The molecule has 2 aromatic carbocycles. The van der Waals surface area contributed by atoms with Gasteiger partial charge >= 0.3 is 7.12 Å². The zero-order chi connectivity index (χ0) is 23.6. The fourth-order valence-corrected chi connectivity index (χ4v) is 6.52. The average molecular weight is 479 g/mol. The van der Waals surface area contributed by atoms with E-state index in [0.29, 0.717) is 11.2 Å². The quantitative estimate of drug-likeness (QED) is 0.377. The minimum absolute atomic E-state index is 0.243. The zero-order valence-corrected chi connectivity index (χ0v) is 21.0. The first kappa shape index (κ1) is 22.4. The summed E-state index contributed by atoms with van der Waals surface area (Å²) in [7, 11) is -4.60. The number of hydrogen-bond donors (Lipinski definition) is 0. The van der Waals surface area contributed by atoms with Crippen molar-refractivity contribution in [3.8, 4) is 10.6 Å². The Morgan fingerprint density at radius 3 is 2.12 bits per heavy atom. The van der Waals surface area contributed by atoms with Gasteiger partial charge in [-0.25, -0.2) is 12.4 Å². The molecule has 0 unspecified atom stereocenters. The highest BCUT2D eigenvalue weighted by molar-refractivity contribution is 7.90. The number of benzene rings is 2. The minimum Gasteiger partial charge on any atom is -0.399 e. The van der Waals surface area contributed by atoms with Crippen LogP contribution < -0.4 is 5.46 Å². The number of aryl methyl sites for hydroxylation is 1. The summed E-state index contributed by atoms with van der Waals surface area (Å²) < 4.78 is 42.4. The lowest BCUT2D eigenvalue weighted by molar-refractivity contribution is 0.00578. The van der Waals surface area contributed by atoms with Gasteiger partial charge in [-0.15, -0.1) is 11.3 Å². The van der Waals surface area contributed by atoms with Crippen LogP contribution >= 0.6 is 11.3 Å². The van der Waals surface area contributed by atoms with E-state index in [-0.39, 0.29) is 4.90 Å². The average Bonchev–Trinajstić information content (AvgIpc) is 3.43. The van der Waals surface area contributed by atoms with Gasteiger partial charge in [-0.2, -0.15) is 0 Å². The molecular formula is C25H26BNO4S2. The number of nitrogens with zero attached hydrogens (tertiary/aromatic N) is 1. The molecule has 1 aliphatic rings. The van der Waals surface area contributed by atoms with E-state index in [1.165, 1.54) is 15.3 Å². The zero-order valence-electron chi connectivity index (χ0n) is 19.3. The van der Waals surface area contributed by atoms with Crippen LogP contribution in [-0.2, 0) is 19.3 Å². The van der Waals surface area contributed by atoms with E-state index >= 15 is 0 Å². The largest absolute Gasteiger partial charge is 0.497 e. The van der Waals surface area contributed by atoms with E-state index < -0.39 is 28.3 Å². The number of thiophene rings is 1. The summed E-state index contributed by atoms with van der Waals surface area (Å²) >= 11 is 1.50. The van der Waals surface area contributed by atoms with E-state index in [1.54, 1.807) is 12.1 Å². The van der Waals surface area contributed by atoms with E-state index in [2.05, 4.69) is 0 Å². The number of hydrogen-bond acceptors (Lipinski definition) is 5. The molecule has 1 saturated heterocycles. The Labute approximate surface area is 199 Å². The molecule has 170 valence electrons. The Bertz CT molecular complexity index is 1420. The molecule has 0 amide bonds. The predicted molar refractivity (Wildman–Crippen MR) is 135 cm³/mol. The number of aromatic nitrogens is 1. The summed E-state index contributed by atoms with van der Waals surface area (Å²) in [5, 5.41) is 2.75. The van der Waals surface area contributed by atoms with Crippen molar-refractivity contribution >= 4 is 44.8 Å². The molecule has 0 spiro atoms. The molecule has 0 radical (unpaired) electrons. The highest BCUT2D eigenvalue weighted by Crippen LogP contribution is 2.40. The standard InChI is InChI=1S/C25H26BNO4S2/c1-17-12-14-18(15-13-17)33(28,29)27-20-10-7-6-9-19(20)22(23(27)21-11-8-16-32-21)26-30-24(2,3)25(4,5)31-26/h6-16H,1-5H3.